The second kappa shape index (κ2) is 4.59. The number of nitrogens with one attached hydrogen (secondary N) is 1. The van der Waals surface area contributed by atoms with Crippen LogP contribution in [-0.4, -0.2) is 9.97 Å². The zero-order valence-corrected chi connectivity index (χ0v) is 11.5. The van der Waals surface area contributed by atoms with Crippen molar-refractivity contribution in [2.45, 2.75) is 6.92 Å². The van der Waals surface area contributed by atoms with Crippen LogP contribution in [0.1, 0.15) is 5.82 Å². The van der Waals surface area contributed by atoms with Crippen molar-refractivity contribution in [3.05, 3.63) is 60.4 Å². The summed E-state index contributed by atoms with van der Waals surface area (Å²) in [6.07, 6.45) is 0. The first kappa shape index (κ1) is 11.9. The van der Waals surface area contributed by atoms with Gasteiger partial charge < -0.3 is 9.73 Å². The first-order valence-corrected chi connectivity index (χ1v) is 6.79. The van der Waals surface area contributed by atoms with Gasteiger partial charge in [0.2, 0.25) is 0 Å². The molecule has 4 nitrogen and oxygen atoms in total. The summed E-state index contributed by atoms with van der Waals surface area (Å²) in [5, 5.41) is 4.31. The quantitative estimate of drug-likeness (QED) is 0.588. The lowest BCUT2D eigenvalue weighted by molar-refractivity contribution is 0.666. The standard InChI is InChI=1S/C17H13N3O/c1-11-18-15-13-9-5-6-10-14(13)21-16(15)17(19-11)20-12-7-3-2-4-8-12/h2-10H,1H3,(H,18,19,20). The Morgan fingerprint density at radius 3 is 2.52 bits per heavy atom. The van der Waals surface area contributed by atoms with Crippen LogP contribution in [-0.2, 0) is 0 Å². The van der Waals surface area contributed by atoms with Crippen LogP contribution in [0, 0.1) is 6.92 Å². The maximum absolute atomic E-state index is 5.92. The SMILES string of the molecule is Cc1nc(Nc2ccccc2)c2oc3ccccc3c2n1. The van der Waals surface area contributed by atoms with Crippen molar-refractivity contribution < 1.29 is 4.42 Å². The Morgan fingerprint density at radius 1 is 0.905 bits per heavy atom. The summed E-state index contributed by atoms with van der Waals surface area (Å²) in [7, 11) is 0. The second-order valence-corrected chi connectivity index (χ2v) is 4.89. The summed E-state index contributed by atoms with van der Waals surface area (Å²) in [5.74, 6) is 1.41. The van der Waals surface area contributed by atoms with Crippen molar-refractivity contribution in [3.8, 4) is 0 Å². The van der Waals surface area contributed by atoms with Gasteiger partial charge in [-0.15, -0.1) is 0 Å². The van der Waals surface area contributed by atoms with Crippen LogP contribution in [0.3, 0.4) is 0 Å². The van der Waals surface area contributed by atoms with E-state index in [2.05, 4.69) is 15.3 Å². The van der Waals surface area contributed by atoms with Crippen molar-refractivity contribution in [1.82, 2.24) is 9.97 Å². The molecule has 4 heteroatoms. The number of anilines is 2. The van der Waals surface area contributed by atoms with Gasteiger partial charge in [-0.1, -0.05) is 30.3 Å². The van der Waals surface area contributed by atoms with E-state index in [1.54, 1.807) is 0 Å². The molecule has 2 aromatic carbocycles. The van der Waals surface area contributed by atoms with Crippen LogP contribution in [0.25, 0.3) is 22.1 Å². The maximum atomic E-state index is 5.92. The zero-order chi connectivity index (χ0) is 14.2. The van der Waals surface area contributed by atoms with Crippen LogP contribution >= 0.6 is 0 Å². The first-order valence-electron chi connectivity index (χ1n) is 6.79. The van der Waals surface area contributed by atoms with Gasteiger partial charge in [0.25, 0.3) is 0 Å². The van der Waals surface area contributed by atoms with Crippen LogP contribution in [0.2, 0.25) is 0 Å². The van der Waals surface area contributed by atoms with E-state index in [1.807, 2.05) is 61.5 Å². The number of aromatic nitrogens is 2. The predicted octanol–water partition coefficient (Wildman–Crippen LogP) is 4.43. The number of aryl methyl sites for hydroxylation is 1. The Balaban J connectivity index is 1.96. The van der Waals surface area contributed by atoms with Crippen molar-refractivity contribution in [1.29, 1.82) is 0 Å². The molecule has 0 aliphatic rings. The van der Waals surface area contributed by atoms with E-state index in [1.165, 1.54) is 0 Å². The third-order valence-corrected chi connectivity index (χ3v) is 3.37. The summed E-state index contributed by atoms with van der Waals surface area (Å²) >= 11 is 0. The Labute approximate surface area is 121 Å². The van der Waals surface area contributed by atoms with E-state index in [0.717, 1.165) is 22.2 Å². The molecule has 1 N–H and O–H groups in total. The molecule has 0 saturated carbocycles. The Bertz CT molecular complexity index is 929. The van der Waals surface area contributed by atoms with Gasteiger partial charge in [-0.25, -0.2) is 9.97 Å². The summed E-state index contributed by atoms with van der Waals surface area (Å²) in [4.78, 5) is 9.00. The third kappa shape index (κ3) is 2.01. The monoisotopic (exact) mass is 275 g/mol. The average molecular weight is 275 g/mol. The molecule has 0 unspecified atom stereocenters. The fourth-order valence-corrected chi connectivity index (χ4v) is 2.45. The van der Waals surface area contributed by atoms with Crippen molar-refractivity contribution in [2.24, 2.45) is 0 Å². The average Bonchev–Trinajstić information content (AvgIpc) is 2.87. The van der Waals surface area contributed by atoms with Gasteiger partial charge in [0, 0.05) is 11.1 Å². The molecular formula is C17H13N3O. The van der Waals surface area contributed by atoms with Crippen LogP contribution in [0.5, 0.6) is 0 Å². The van der Waals surface area contributed by atoms with E-state index >= 15 is 0 Å². The van der Waals surface area contributed by atoms with Gasteiger partial charge >= 0.3 is 0 Å². The number of hydrogen-bond donors (Lipinski definition) is 1. The number of benzene rings is 2. The van der Waals surface area contributed by atoms with E-state index in [0.29, 0.717) is 17.2 Å². The number of hydrogen-bond acceptors (Lipinski definition) is 4. The Morgan fingerprint density at radius 2 is 1.67 bits per heavy atom. The molecular weight excluding hydrogens is 262 g/mol. The molecule has 0 bridgehead atoms. The molecule has 0 atom stereocenters. The first-order chi connectivity index (χ1) is 10.3. The topological polar surface area (TPSA) is 51.0 Å². The minimum Gasteiger partial charge on any atom is -0.450 e. The van der Waals surface area contributed by atoms with E-state index in [4.69, 9.17) is 4.42 Å². The minimum atomic E-state index is 0.686. The van der Waals surface area contributed by atoms with Crippen LogP contribution < -0.4 is 5.32 Å². The van der Waals surface area contributed by atoms with E-state index in [-0.39, 0.29) is 0 Å². The molecule has 21 heavy (non-hydrogen) atoms. The predicted molar refractivity (Wildman–Crippen MR) is 83.8 cm³/mol. The summed E-state index contributed by atoms with van der Waals surface area (Å²) in [6.45, 7) is 1.89. The molecule has 0 saturated heterocycles. The van der Waals surface area contributed by atoms with Gasteiger partial charge in [0.05, 0.1) is 0 Å². The van der Waals surface area contributed by atoms with Gasteiger partial charge in [-0.3, -0.25) is 0 Å². The Kier molecular flexibility index (Phi) is 2.60. The van der Waals surface area contributed by atoms with Crippen molar-refractivity contribution >= 4 is 33.6 Å². The lowest BCUT2D eigenvalue weighted by Gasteiger charge is -2.06. The molecule has 4 rings (SSSR count). The van der Waals surface area contributed by atoms with Crippen LogP contribution in [0.4, 0.5) is 11.5 Å². The summed E-state index contributed by atoms with van der Waals surface area (Å²) < 4.78 is 5.92. The number of para-hydroxylation sites is 2. The van der Waals surface area contributed by atoms with Gasteiger partial charge in [0.1, 0.15) is 16.9 Å². The molecule has 0 radical (unpaired) electrons. The normalized spacial score (nSPS) is 11.1. The van der Waals surface area contributed by atoms with Gasteiger partial charge in [-0.05, 0) is 31.2 Å². The molecule has 0 spiro atoms. The number of fused-ring (bicyclic) bond motifs is 3. The molecule has 0 aliphatic carbocycles. The molecule has 0 aliphatic heterocycles. The number of rotatable bonds is 2. The second-order valence-electron chi connectivity index (χ2n) is 4.89. The highest BCUT2D eigenvalue weighted by Gasteiger charge is 2.14. The number of furan rings is 1. The van der Waals surface area contributed by atoms with Gasteiger partial charge in [-0.2, -0.15) is 0 Å². The van der Waals surface area contributed by atoms with Crippen molar-refractivity contribution in [2.75, 3.05) is 5.32 Å². The largest absolute Gasteiger partial charge is 0.450 e. The molecule has 2 aromatic heterocycles. The van der Waals surface area contributed by atoms with Gasteiger partial charge in [0.15, 0.2) is 11.4 Å². The summed E-state index contributed by atoms with van der Waals surface area (Å²) in [6, 6.07) is 17.8. The van der Waals surface area contributed by atoms with E-state index < -0.39 is 0 Å². The fourth-order valence-electron chi connectivity index (χ4n) is 2.45. The van der Waals surface area contributed by atoms with Crippen molar-refractivity contribution in [3.63, 3.8) is 0 Å². The highest BCUT2D eigenvalue weighted by atomic mass is 16.3. The minimum absolute atomic E-state index is 0.686. The molecule has 0 amide bonds. The molecule has 102 valence electrons. The van der Waals surface area contributed by atoms with E-state index in [9.17, 15) is 0 Å². The lowest BCUT2D eigenvalue weighted by atomic mass is 10.2. The highest BCUT2D eigenvalue weighted by molar-refractivity contribution is 6.06. The highest BCUT2D eigenvalue weighted by Crippen LogP contribution is 2.32. The number of nitrogens with zero attached hydrogens (tertiary/aromatic N) is 2. The summed E-state index contributed by atoms with van der Waals surface area (Å²) in [5.41, 5.74) is 3.32. The lowest BCUT2D eigenvalue weighted by Crippen LogP contribution is -1.97. The molecule has 2 heterocycles. The molecule has 4 aromatic rings. The third-order valence-electron chi connectivity index (χ3n) is 3.37. The smallest absolute Gasteiger partial charge is 0.196 e. The maximum Gasteiger partial charge on any atom is 0.196 e. The van der Waals surface area contributed by atoms with Crippen LogP contribution in [0.15, 0.2) is 59.0 Å². The fraction of sp³-hybridized carbons (Fsp3) is 0.0588. The molecule has 0 fully saturated rings. The Hall–Kier alpha value is -2.88. The zero-order valence-electron chi connectivity index (χ0n) is 11.5.